The predicted octanol–water partition coefficient (Wildman–Crippen LogP) is 4.99. The molecule has 0 atom stereocenters. The van der Waals surface area contributed by atoms with Crippen molar-refractivity contribution in [3.05, 3.63) is 71.4 Å². The summed E-state index contributed by atoms with van der Waals surface area (Å²) in [6.07, 6.45) is -4.40. The van der Waals surface area contributed by atoms with E-state index in [9.17, 15) is 18.0 Å². The highest BCUT2D eigenvalue weighted by Gasteiger charge is 2.29. The number of alkyl halides is 3. The molecule has 1 heterocycles. The second-order valence-electron chi connectivity index (χ2n) is 5.93. The van der Waals surface area contributed by atoms with Crippen molar-refractivity contribution in [3.63, 3.8) is 0 Å². The Balaban J connectivity index is 1.76. The number of hydrogen-bond donors (Lipinski definition) is 3. The van der Waals surface area contributed by atoms with Crippen molar-refractivity contribution in [2.45, 2.75) is 13.1 Å². The van der Waals surface area contributed by atoms with Crippen LogP contribution in [0.25, 0.3) is 0 Å². The number of nitrogens with zero attached hydrogens (tertiary/aromatic N) is 2. The van der Waals surface area contributed by atoms with Crippen LogP contribution in [0.5, 0.6) is 0 Å². The van der Waals surface area contributed by atoms with Crippen LogP contribution in [0.1, 0.15) is 21.6 Å². The van der Waals surface area contributed by atoms with Gasteiger partial charge in [-0.15, -0.1) is 0 Å². The van der Waals surface area contributed by atoms with Gasteiger partial charge >= 0.3 is 12.1 Å². The van der Waals surface area contributed by atoms with E-state index in [0.29, 0.717) is 22.9 Å². The molecule has 9 heteroatoms. The Labute approximate surface area is 158 Å². The Morgan fingerprint density at radius 3 is 2.07 bits per heavy atom. The lowest BCUT2D eigenvalue weighted by atomic mass is 10.2. The van der Waals surface area contributed by atoms with Gasteiger partial charge in [0.15, 0.2) is 0 Å². The maximum atomic E-state index is 12.6. The third kappa shape index (κ3) is 4.76. The predicted molar refractivity (Wildman–Crippen MR) is 98.2 cm³/mol. The second-order valence-corrected chi connectivity index (χ2v) is 5.93. The number of carboxylic acid groups (broad SMARTS) is 1. The van der Waals surface area contributed by atoms with E-state index in [-0.39, 0.29) is 11.5 Å². The lowest BCUT2D eigenvalue weighted by molar-refractivity contribution is -0.137. The lowest BCUT2D eigenvalue weighted by Crippen LogP contribution is -2.05. The molecule has 3 aromatic rings. The molecule has 0 aliphatic heterocycles. The number of rotatable bonds is 5. The SMILES string of the molecule is Cc1cc(Nc2ccc(C(=O)O)cc2)nc(Nc2ccc(C(F)(F)F)cc2)n1. The van der Waals surface area contributed by atoms with Gasteiger partial charge in [0.05, 0.1) is 11.1 Å². The van der Waals surface area contributed by atoms with Crippen molar-refractivity contribution in [1.82, 2.24) is 9.97 Å². The molecule has 0 fully saturated rings. The Morgan fingerprint density at radius 1 is 0.929 bits per heavy atom. The van der Waals surface area contributed by atoms with E-state index in [1.54, 1.807) is 25.1 Å². The van der Waals surface area contributed by atoms with Crippen LogP contribution in [0, 0.1) is 6.92 Å². The summed E-state index contributed by atoms with van der Waals surface area (Å²) in [6.45, 7) is 1.75. The molecule has 0 spiro atoms. The summed E-state index contributed by atoms with van der Waals surface area (Å²) in [6, 6.07) is 12.3. The number of carboxylic acids is 1. The third-order valence-corrected chi connectivity index (χ3v) is 3.73. The molecular weight excluding hydrogens is 373 g/mol. The second kappa shape index (κ2) is 7.55. The van der Waals surface area contributed by atoms with Crippen LogP contribution in [0.3, 0.4) is 0 Å². The number of aromatic carboxylic acids is 1. The molecule has 0 radical (unpaired) electrons. The molecule has 0 saturated carbocycles. The Hall–Kier alpha value is -3.62. The van der Waals surface area contributed by atoms with E-state index in [4.69, 9.17) is 5.11 Å². The first-order chi connectivity index (χ1) is 13.2. The van der Waals surface area contributed by atoms with Crippen LogP contribution in [0.2, 0.25) is 0 Å². The fraction of sp³-hybridized carbons (Fsp3) is 0.105. The fourth-order valence-corrected chi connectivity index (χ4v) is 2.40. The van der Waals surface area contributed by atoms with Gasteiger partial charge in [0.25, 0.3) is 0 Å². The number of hydrogen-bond acceptors (Lipinski definition) is 5. The molecule has 0 bridgehead atoms. The largest absolute Gasteiger partial charge is 0.478 e. The van der Waals surface area contributed by atoms with E-state index in [1.807, 2.05) is 0 Å². The monoisotopic (exact) mass is 388 g/mol. The zero-order valence-corrected chi connectivity index (χ0v) is 14.6. The van der Waals surface area contributed by atoms with Gasteiger partial charge in [0.2, 0.25) is 5.95 Å². The fourth-order valence-electron chi connectivity index (χ4n) is 2.40. The van der Waals surface area contributed by atoms with Crippen molar-refractivity contribution in [3.8, 4) is 0 Å². The molecule has 28 heavy (non-hydrogen) atoms. The highest BCUT2D eigenvalue weighted by molar-refractivity contribution is 5.88. The van der Waals surface area contributed by atoms with E-state index in [1.165, 1.54) is 24.3 Å². The summed E-state index contributed by atoms with van der Waals surface area (Å²) >= 11 is 0. The van der Waals surface area contributed by atoms with Gasteiger partial charge in [-0.3, -0.25) is 0 Å². The van der Waals surface area contributed by atoms with E-state index < -0.39 is 17.7 Å². The molecule has 0 unspecified atom stereocenters. The van der Waals surface area contributed by atoms with E-state index in [0.717, 1.165) is 12.1 Å². The normalized spacial score (nSPS) is 11.1. The van der Waals surface area contributed by atoms with Crippen LogP contribution in [-0.4, -0.2) is 21.0 Å². The zero-order valence-electron chi connectivity index (χ0n) is 14.6. The van der Waals surface area contributed by atoms with Crippen LogP contribution < -0.4 is 10.6 Å². The molecule has 0 aliphatic rings. The van der Waals surface area contributed by atoms with Crippen molar-refractivity contribution in [2.24, 2.45) is 0 Å². The molecule has 0 aliphatic carbocycles. The number of benzene rings is 2. The number of nitrogens with one attached hydrogen (secondary N) is 2. The number of halogens is 3. The number of aryl methyl sites for hydroxylation is 1. The van der Waals surface area contributed by atoms with Gasteiger partial charge in [0, 0.05) is 23.1 Å². The topological polar surface area (TPSA) is 87.1 Å². The highest BCUT2D eigenvalue weighted by atomic mass is 19.4. The average molecular weight is 388 g/mol. The van der Waals surface area contributed by atoms with Crippen molar-refractivity contribution in [1.29, 1.82) is 0 Å². The number of anilines is 4. The zero-order chi connectivity index (χ0) is 20.3. The quantitative estimate of drug-likeness (QED) is 0.571. The van der Waals surface area contributed by atoms with Gasteiger partial charge in [-0.2, -0.15) is 18.2 Å². The summed E-state index contributed by atoms with van der Waals surface area (Å²) in [7, 11) is 0. The maximum Gasteiger partial charge on any atom is 0.416 e. The van der Waals surface area contributed by atoms with Gasteiger partial charge in [-0.1, -0.05) is 0 Å². The van der Waals surface area contributed by atoms with Crippen molar-refractivity contribution in [2.75, 3.05) is 10.6 Å². The molecule has 144 valence electrons. The van der Waals surface area contributed by atoms with Crippen LogP contribution in [-0.2, 0) is 6.18 Å². The van der Waals surface area contributed by atoms with Crippen LogP contribution in [0.4, 0.5) is 36.3 Å². The minimum atomic E-state index is -4.40. The molecule has 3 rings (SSSR count). The first-order valence-corrected chi connectivity index (χ1v) is 8.11. The standard InChI is InChI=1S/C19H15F3N4O2/c1-11-10-16(24-14-6-2-12(3-7-14)17(27)28)26-18(23-11)25-15-8-4-13(5-9-15)19(20,21)22/h2-10H,1H3,(H,27,28)(H2,23,24,25,26). The molecule has 6 nitrogen and oxygen atoms in total. The summed E-state index contributed by atoms with van der Waals surface area (Å²) in [5.74, 6) is -0.359. The number of carbonyl (C=O) groups is 1. The Bertz CT molecular complexity index is 988. The summed E-state index contributed by atoms with van der Waals surface area (Å²) in [4.78, 5) is 19.4. The lowest BCUT2D eigenvalue weighted by Gasteiger charge is -2.11. The molecule has 2 aromatic carbocycles. The summed E-state index contributed by atoms with van der Waals surface area (Å²) in [5.41, 5.74) is 1.09. The van der Waals surface area contributed by atoms with E-state index in [2.05, 4.69) is 20.6 Å². The van der Waals surface area contributed by atoms with Crippen molar-refractivity contribution < 1.29 is 23.1 Å². The third-order valence-electron chi connectivity index (χ3n) is 3.73. The van der Waals surface area contributed by atoms with Crippen LogP contribution in [0.15, 0.2) is 54.6 Å². The smallest absolute Gasteiger partial charge is 0.416 e. The molecule has 3 N–H and O–H groups in total. The highest BCUT2D eigenvalue weighted by Crippen LogP contribution is 2.30. The van der Waals surface area contributed by atoms with Crippen LogP contribution >= 0.6 is 0 Å². The molecule has 0 saturated heterocycles. The van der Waals surface area contributed by atoms with Gasteiger partial charge in [-0.05, 0) is 55.5 Å². The number of aromatic nitrogens is 2. The summed E-state index contributed by atoms with van der Waals surface area (Å²) < 4.78 is 37.9. The maximum absolute atomic E-state index is 12.6. The molecule has 1 aromatic heterocycles. The Kier molecular flexibility index (Phi) is 5.16. The average Bonchev–Trinajstić information content (AvgIpc) is 2.61. The molecular formula is C19H15F3N4O2. The Morgan fingerprint density at radius 2 is 1.50 bits per heavy atom. The first-order valence-electron chi connectivity index (χ1n) is 8.11. The van der Waals surface area contributed by atoms with E-state index >= 15 is 0 Å². The summed E-state index contributed by atoms with van der Waals surface area (Å²) in [5, 5.41) is 14.8. The minimum absolute atomic E-state index is 0.161. The molecule has 0 amide bonds. The van der Waals surface area contributed by atoms with Gasteiger partial charge in [0.1, 0.15) is 5.82 Å². The first kappa shape index (κ1) is 19.2. The van der Waals surface area contributed by atoms with Gasteiger partial charge in [-0.25, -0.2) is 9.78 Å². The van der Waals surface area contributed by atoms with Crippen molar-refractivity contribution >= 4 is 29.1 Å². The van der Waals surface area contributed by atoms with Gasteiger partial charge < -0.3 is 15.7 Å². The minimum Gasteiger partial charge on any atom is -0.478 e.